The van der Waals surface area contributed by atoms with Crippen LogP contribution in [0.15, 0.2) is 18.2 Å². The second-order valence-corrected chi connectivity index (χ2v) is 3.42. The fraction of sp³-hybridized carbons (Fsp3) is 0.400. The molecule has 15 heavy (non-hydrogen) atoms. The lowest BCUT2D eigenvalue weighted by molar-refractivity contribution is -0.387. The van der Waals surface area contributed by atoms with Crippen LogP contribution in [0.5, 0.6) is 0 Å². The third-order valence-corrected chi connectivity index (χ3v) is 2.23. The Morgan fingerprint density at radius 3 is 2.73 bits per heavy atom. The van der Waals surface area contributed by atoms with Gasteiger partial charge in [-0.3, -0.25) is 10.1 Å². The molecule has 0 radical (unpaired) electrons. The number of benzene rings is 1. The number of nitrogens with two attached hydrogens (primary N) is 1. The van der Waals surface area contributed by atoms with Crippen molar-refractivity contribution in [3.8, 4) is 0 Å². The van der Waals surface area contributed by atoms with E-state index < -0.39 is 16.4 Å². The predicted octanol–water partition coefficient (Wildman–Crippen LogP) is 2.01. The summed E-state index contributed by atoms with van der Waals surface area (Å²) in [6.45, 7) is 1.94. The molecule has 1 atom stereocenters. The molecule has 0 heterocycles. The quantitative estimate of drug-likeness (QED) is 0.613. The number of hydrogen-bond donors (Lipinski definition) is 1. The van der Waals surface area contributed by atoms with Gasteiger partial charge < -0.3 is 5.73 Å². The van der Waals surface area contributed by atoms with Crippen LogP contribution in [0.2, 0.25) is 0 Å². The van der Waals surface area contributed by atoms with Crippen LogP contribution in [0.3, 0.4) is 0 Å². The Balaban J connectivity index is 2.87. The minimum atomic E-state index is -0.805. The third kappa shape index (κ3) is 2.99. The number of halogens is 1. The fourth-order valence-corrected chi connectivity index (χ4v) is 1.27. The van der Waals surface area contributed by atoms with E-state index in [1.165, 1.54) is 18.2 Å². The molecular formula is C10H13FN2O2. The SMILES string of the molecule is CCC(N)Cc1ccc([N+](=O)[O-])c(F)c1. The first kappa shape index (κ1) is 11.6. The van der Waals surface area contributed by atoms with E-state index in [2.05, 4.69) is 0 Å². The molecule has 1 rings (SSSR count). The van der Waals surface area contributed by atoms with Gasteiger partial charge in [-0.2, -0.15) is 4.39 Å². The molecule has 0 amide bonds. The van der Waals surface area contributed by atoms with Crippen molar-refractivity contribution in [2.75, 3.05) is 0 Å². The summed E-state index contributed by atoms with van der Waals surface area (Å²) in [6.07, 6.45) is 1.32. The van der Waals surface area contributed by atoms with Crippen LogP contribution < -0.4 is 5.73 Å². The first-order valence-electron chi connectivity index (χ1n) is 4.73. The second-order valence-electron chi connectivity index (χ2n) is 3.42. The first-order chi connectivity index (χ1) is 7.04. The summed E-state index contributed by atoms with van der Waals surface area (Å²) in [5.74, 6) is -0.805. The van der Waals surface area contributed by atoms with E-state index in [0.717, 1.165) is 6.42 Å². The lowest BCUT2D eigenvalue weighted by atomic mass is 10.0. The molecule has 0 aliphatic heterocycles. The van der Waals surface area contributed by atoms with Gasteiger partial charge in [0, 0.05) is 12.1 Å². The van der Waals surface area contributed by atoms with Crippen molar-refractivity contribution in [2.24, 2.45) is 5.73 Å². The van der Waals surface area contributed by atoms with Gasteiger partial charge in [0.05, 0.1) is 4.92 Å². The molecule has 0 aliphatic rings. The van der Waals surface area contributed by atoms with Crippen LogP contribution in [0.25, 0.3) is 0 Å². The number of nitrogens with zero attached hydrogens (tertiary/aromatic N) is 1. The van der Waals surface area contributed by atoms with Gasteiger partial charge in [0.1, 0.15) is 0 Å². The van der Waals surface area contributed by atoms with Crippen LogP contribution in [-0.4, -0.2) is 11.0 Å². The van der Waals surface area contributed by atoms with Crippen molar-refractivity contribution in [1.29, 1.82) is 0 Å². The zero-order valence-corrected chi connectivity index (χ0v) is 8.44. The molecule has 4 nitrogen and oxygen atoms in total. The van der Waals surface area contributed by atoms with E-state index in [9.17, 15) is 14.5 Å². The molecular weight excluding hydrogens is 199 g/mol. The summed E-state index contributed by atoms with van der Waals surface area (Å²) in [5, 5.41) is 10.4. The summed E-state index contributed by atoms with van der Waals surface area (Å²) < 4.78 is 13.2. The highest BCUT2D eigenvalue weighted by molar-refractivity contribution is 5.35. The van der Waals surface area contributed by atoms with Gasteiger partial charge in [-0.25, -0.2) is 0 Å². The normalized spacial score (nSPS) is 12.5. The summed E-state index contributed by atoms with van der Waals surface area (Å²) in [4.78, 5) is 9.62. The largest absolute Gasteiger partial charge is 0.327 e. The van der Waals surface area contributed by atoms with E-state index in [-0.39, 0.29) is 6.04 Å². The second kappa shape index (κ2) is 4.84. The molecule has 0 aliphatic carbocycles. The Labute approximate surface area is 87.0 Å². The summed E-state index contributed by atoms with van der Waals surface area (Å²) in [6, 6.07) is 3.85. The minimum absolute atomic E-state index is 0.0362. The number of rotatable bonds is 4. The smallest absolute Gasteiger partial charge is 0.304 e. The summed E-state index contributed by atoms with van der Waals surface area (Å²) in [7, 11) is 0. The molecule has 5 heteroatoms. The van der Waals surface area contributed by atoms with Crippen LogP contribution in [-0.2, 0) is 6.42 Å². The van der Waals surface area contributed by atoms with E-state index in [4.69, 9.17) is 5.73 Å². The maximum absolute atomic E-state index is 13.2. The minimum Gasteiger partial charge on any atom is -0.327 e. The standard InChI is InChI=1S/C10H13FN2O2/c1-2-8(12)5-7-3-4-10(13(14)15)9(11)6-7/h3-4,6,8H,2,5,12H2,1H3. The Kier molecular flexibility index (Phi) is 3.74. The lowest BCUT2D eigenvalue weighted by Gasteiger charge is -2.08. The highest BCUT2D eigenvalue weighted by atomic mass is 19.1. The summed E-state index contributed by atoms with van der Waals surface area (Å²) in [5.41, 5.74) is 5.89. The molecule has 0 saturated carbocycles. The van der Waals surface area contributed by atoms with E-state index >= 15 is 0 Å². The van der Waals surface area contributed by atoms with Crippen molar-refractivity contribution in [2.45, 2.75) is 25.8 Å². The van der Waals surface area contributed by atoms with Crippen LogP contribution in [0.4, 0.5) is 10.1 Å². The molecule has 1 aromatic carbocycles. The lowest BCUT2D eigenvalue weighted by Crippen LogP contribution is -2.21. The Morgan fingerprint density at radius 1 is 1.60 bits per heavy atom. The van der Waals surface area contributed by atoms with Crippen molar-refractivity contribution in [1.82, 2.24) is 0 Å². The van der Waals surface area contributed by atoms with Crippen molar-refractivity contribution < 1.29 is 9.31 Å². The summed E-state index contributed by atoms with van der Waals surface area (Å²) >= 11 is 0. The molecule has 0 fully saturated rings. The molecule has 2 N–H and O–H groups in total. The monoisotopic (exact) mass is 212 g/mol. The maximum atomic E-state index is 13.2. The van der Waals surface area contributed by atoms with Crippen LogP contribution in [0, 0.1) is 15.9 Å². The first-order valence-corrected chi connectivity index (χ1v) is 4.73. The zero-order valence-electron chi connectivity index (χ0n) is 8.44. The Morgan fingerprint density at radius 2 is 2.27 bits per heavy atom. The van der Waals surface area contributed by atoms with Crippen LogP contribution in [0.1, 0.15) is 18.9 Å². The molecule has 0 saturated heterocycles. The van der Waals surface area contributed by atoms with Gasteiger partial charge in [-0.15, -0.1) is 0 Å². The van der Waals surface area contributed by atoms with Gasteiger partial charge in [-0.1, -0.05) is 13.0 Å². The molecule has 0 bridgehead atoms. The molecule has 82 valence electrons. The van der Waals surface area contributed by atoms with Gasteiger partial charge >= 0.3 is 5.69 Å². The average Bonchev–Trinajstić information content (AvgIpc) is 2.17. The van der Waals surface area contributed by atoms with E-state index in [1.807, 2.05) is 6.92 Å². The van der Waals surface area contributed by atoms with Crippen molar-refractivity contribution >= 4 is 5.69 Å². The molecule has 0 spiro atoms. The average molecular weight is 212 g/mol. The fourth-order valence-electron chi connectivity index (χ4n) is 1.27. The van der Waals surface area contributed by atoms with Gasteiger partial charge in [-0.05, 0) is 24.5 Å². The molecule has 1 unspecified atom stereocenters. The highest BCUT2D eigenvalue weighted by Gasteiger charge is 2.14. The number of nitro groups is 1. The van der Waals surface area contributed by atoms with Crippen molar-refractivity contribution in [3.05, 3.63) is 39.7 Å². The third-order valence-electron chi connectivity index (χ3n) is 2.23. The topological polar surface area (TPSA) is 69.2 Å². The Bertz CT molecular complexity index is 368. The Hall–Kier alpha value is -1.49. The number of hydrogen-bond acceptors (Lipinski definition) is 3. The van der Waals surface area contributed by atoms with Gasteiger partial charge in [0.25, 0.3) is 0 Å². The van der Waals surface area contributed by atoms with Gasteiger partial charge in [0.15, 0.2) is 0 Å². The van der Waals surface area contributed by atoms with Crippen LogP contribution >= 0.6 is 0 Å². The van der Waals surface area contributed by atoms with E-state index in [1.54, 1.807) is 0 Å². The highest BCUT2D eigenvalue weighted by Crippen LogP contribution is 2.18. The number of nitro benzene ring substituents is 1. The van der Waals surface area contributed by atoms with Gasteiger partial charge in [0.2, 0.25) is 5.82 Å². The maximum Gasteiger partial charge on any atom is 0.304 e. The zero-order chi connectivity index (χ0) is 11.4. The predicted molar refractivity (Wildman–Crippen MR) is 55.0 cm³/mol. The molecule has 1 aromatic rings. The molecule has 0 aromatic heterocycles. The van der Waals surface area contributed by atoms with Crippen molar-refractivity contribution in [3.63, 3.8) is 0 Å². The van der Waals surface area contributed by atoms with E-state index in [0.29, 0.717) is 12.0 Å².